The minimum Gasteiger partial charge on any atom is -0.449 e. The smallest absolute Gasteiger partial charge is 0.342 e. The monoisotopic (exact) mass is 395 g/mol. The number of aryl methyl sites for hydroxylation is 1. The molecule has 0 aromatic carbocycles. The molecule has 2 rings (SSSR count). The van der Waals surface area contributed by atoms with Gasteiger partial charge in [0.25, 0.3) is 5.91 Å². The molecule has 0 saturated heterocycles. The molecule has 1 atom stereocenters. The van der Waals surface area contributed by atoms with Crippen LogP contribution < -0.4 is 16.0 Å². The second kappa shape index (κ2) is 8.98. The fourth-order valence-corrected chi connectivity index (χ4v) is 4.14. The second-order valence-corrected chi connectivity index (χ2v) is 7.87. The molecule has 1 aromatic heterocycles. The average Bonchev–Trinajstić information content (AvgIpc) is 2.90. The zero-order chi connectivity index (χ0) is 20.1. The van der Waals surface area contributed by atoms with Gasteiger partial charge < -0.3 is 15.4 Å². The summed E-state index contributed by atoms with van der Waals surface area (Å²) in [5, 5.41) is 7.79. The zero-order valence-corrected chi connectivity index (χ0v) is 16.7. The minimum absolute atomic E-state index is 0.131. The van der Waals surface area contributed by atoms with Crippen LogP contribution in [0.5, 0.6) is 0 Å². The Kier molecular flexibility index (Phi) is 6.95. The van der Waals surface area contributed by atoms with Crippen LogP contribution in [0, 0.1) is 0 Å². The van der Waals surface area contributed by atoms with Crippen LogP contribution in [0.2, 0.25) is 0 Å². The molecule has 8 nitrogen and oxygen atoms in total. The number of rotatable bonds is 5. The predicted molar refractivity (Wildman–Crippen MR) is 102 cm³/mol. The Bertz CT molecular complexity index is 756. The van der Waals surface area contributed by atoms with E-state index in [1.807, 2.05) is 0 Å². The van der Waals surface area contributed by atoms with Crippen LogP contribution in [-0.4, -0.2) is 36.0 Å². The number of urea groups is 1. The van der Waals surface area contributed by atoms with Crippen LogP contribution in [-0.2, 0) is 27.2 Å². The van der Waals surface area contributed by atoms with Gasteiger partial charge in [-0.05, 0) is 52.0 Å². The van der Waals surface area contributed by atoms with Crippen molar-refractivity contribution in [2.75, 3.05) is 5.32 Å². The van der Waals surface area contributed by atoms with Gasteiger partial charge in [0.1, 0.15) is 5.00 Å². The van der Waals surface area contributed by atoms with Crippen molar-refractivity contribution < 1.29 is 23.9 Å². The third kappa shape index (κ3) is 5.53. The van der Waals surface area contributed by atoms with Crippen molar-refractivity contribution in [3.8, 4) is 0 Å². The minimum atomic E-state index is -1.15. The van der Waals surface area contributed by atoms with Gasteiger partial charge in [-0.3, -0.25) is 14.9 Å². The van der Waals surface area contributed by atoms with Crippen LogP contribution in [0.1, 0.15) is 61.3 Å². The van der Waals surface area contributed by atoms with Crippen molar-refractivity contribution in [1.29, 1.82) is 0 Å². The number of thiophene rings is 1. The van der Waals surface area contributed by atoms with E-state index in [-0.39, 0.29) is 11.9 Å². The molecule has 0 fully saturated rings. The summed E-state index contributed by atoms with van der Waals surface area (Å²) in [7, 11) is 0. The Hall–Kier alpha value is -2.42. The predicted octanol–water partition coefficient (Wildman–Crippen LogP) is 2.36. The van der Waals surface area contributed by atoms with Gasteiger partial charge in [0, 0.05) is 17.8 Å². The normalized spacial score (nSPS) is 14.1. The molecular weight excluding hydrogens is 370 g/mol. The van der Waals surface area contributed by atoms with Crippen LogP contribution in [0.4, 0.5) is 9.80 Å². The Morgan fingerprint density at radius 2 is 1.74 bits per heavy atom. The summed E-state index contributed by atoms with van der Waals surface area (Å²) < 4.78 is 5.28. The van der Waals surface area contributed by atoms with Crippen molar-refractivity contribution in [2.24, 2.45) is 0 Å². The largest absolute Gasteiger partial charge is 0.449 e. The molecule has 27 heavy (non-hydrogen) atoms. The number of amides is 4. The molecule has 1 heterocycles. The summed E-state index contributed by atoms with van der Waals surface area (Å²) in [6.45, 7) is 6.29. The van der Waals surface area contributed by atoms with Crippen molar-refractivity contribution in [3.63, 3.8) is 0 Å². The van der Waals surface area contributed by atoms with E-state index in [0.717, 1.165) is 36.1 Å². The van der Waals surface area contributed by atoms with Crippen molar-refractivity contribution >= 4 is 40.2 Å². The van der Waals surface area contributed by atoms with Gasteiger partial charge >= 0.3 is 12.0 Å². The summed E-state index contributed by atoms with van der Waals surface area (Å²) >= 11 is 1.37. The standard InChI is InChI=1S/C18H25N3O5S/c1-9(2)19-18(25)21-15(23)10(3)26-17(24)14-12-7-5-6-8-13(12)27-16(14)20-11(4)22/h9-10H,5-8H2,1-4H3,(H,20,22)(H2,19,21,23,25). The molecule has 0 radical (unpaired) electrons. The number of carbonyl (C=O) groups is 4. The highest BCUT2D eigenvalue weighted by Gasteiger charge is 2.29. The number of hydrogen-bond donors (Lipinski definition) is 3. The van der Waals surface area contributed by atoms with Gasteiger partial charge in [-0.1, -0.05) is 0 Å². The first-order chi connectivity index (χ1) is 12.7. The Balaban J connectivity index is 2.12. The third-order valence-corrected chi connectivity index (χ3v) is 5.18. The number of anilines is 1. The number of nitrogens with one attached hydrogen (secondary N) is 3. The quantitative estimate of drug-likeness (QED) is 0.663. The van der Waals surface area contributed by atoms with Gasteiger partial charge in [-0.15, -0.1) is 11.3 Å². The number of esters is 1. The molecule has 3 N–H and O–H groups in total. The maximum absolute atomic E-state index is 12.7. The molecule has 148 valence electrons. The van der Waals surface area contributed by atoms with E-state index < -0.39 is 24.0 Å². The molecule has 1 unspecified atom stereocenters. The molecule has 1 aromatic rings. The average molecular weight is 395 g/mol. The summed E-state index contributed by atoms with van der Waals surface area (Å²) in [4.78, 5) is 48.9. The fourth-order valence-electron chi connectivity index (χ4n) is 2.81. The van der Waals surface area contributed by atoms with Gasteiger partial charge in [-0.2, -0.15) is 0 Å². The first kappa shape index (κ1) is 20.9. The van der Waals surface area contributed by atoms with Crippen LogP contribution >= 0.6 is 11.3 Å². The number of carbonyl (C=O) groups excluding carboxylic acids is 4. The molecule has 4 amide bonds. The molecule has 0 aliphatic heterocycles. The highest BCUT2D eigenvalue weighted by atomic mass is 32.1. The number of imide groups is 1. The van der Waals surface area contributed by atoms with Gasteiger partial charge in [0.2, 0.25) is 5.91 Å². The Morgan fingerprint density at radius 3 is 2.37 bits per heavy atom. The molecule has 0 saturated carbocycles. The van der Waals surface area contributed by atoms with Crippen LogP contribution in [0.3, 0.4) is 0 Å². The van der Waals surface area contributed by atoms with E-state index in [1.54, 1.807) is 13.8 Å². The summed E-state index contributed by atoms with van der Waals surface area (Å²) in [5.41, 5.74) is 1.20. The molecule has 1 aliphatic rings. The van der Waals surface area contributed by atoms with E-state index in [1.165, 1.54) is 25.2 Å². The van der Waals surface area contributed by atoms with E-state index in [2.05, 4.69) is 16.0 Å². The fraction of sp³-hybridized carbons (Fsp3) is 0.556. The molecule has 0 bridgehead atoms. The highest BCUT2D eigenvalue weighted by molar-refractivity contribution is 7.17. The summed E-state index contributed by atoms with van der Waals surface area (Å²) in [6, 6.07) is -0.780. The first-order valence-corrected chi connectivity index (χ1v) is 9.75. The van der Waals surface area contributed by atoms with E-state index in [4.69, 9.17) is 4.74 Å². The lowest BCUT2D eigenvalue weighted by Crippen LogP contribution is -2.46. The van der Waals surface area contributed by atoms with Crippen LogP contribution in [0.15, 0.2) is 0 Å². The Labute approximate surface area is 162 Å². The highest BCUT2D eigenvalue weighted by Crippen LogP contribution is 2.38. The third-order valence-electron chi connectivity index (χ3n) is 3.97. The zero-order valence-electron chi connectivity index (χ0n) is 15.9. The summed E-state index contributed by atoms with van der Waals surface area (Å²) in [6.07, 6.45) is 2.42. The second-order valence-electron chi connectivity index (χ2n) is 6.76. The number of ether oxygens (including phenoxy) is 1. The lowest BCUT2D eigenvalue weighted by Gasteiger charge is -2.16. The first-order valence-electron chi connectivity index (χ1n) is 8.93. The molecule has 1 aliphatic carbocycles. The van der Waals surface area contributed by atoms with Gasteiger partial charge in [-0.25, -0.2) is 9.59 Å². The Morgan fingerprint density at radius 1 is 1.07 bits per heavy atom. The lowest BCUT2D eigenvalue weighted by atomic mass is 9.95. The number of fused-ring (bicyclic) bond motifs is 1. The van der Waals surface area contributed by atoms with Gasteiger partial charge in [0.15, 0.2) is 6.10 Å². The van der Waals surface area contributed by atoms with Crippen molar-refractivity contribution in [1.82, 2.24) is 10.6 Å². The van der Waals surface area contributed by atoms with Crippen LogP contribution in [0.25, 0.3) is 0 Å². The maximum Gasteiger partial charge on any atom is 0.342 e. The van der Waals surface area contributed by atoms with Crippen molar-refractivity contribution in [2.45, 2.75) is 65.5 Å². The summed E-state index contributed by atoms with van der Waals surface area (Å²) in [5.74, 6) is -1.67. The lowest BCUT2D eigenvalue weighted by molar-refractivity contribution is -0.128. The van der Waals surface area contributed by atoms with E-state index in [0.29, 0.717) is 10.6 Å². The SMILES string of the molecule is CC(=O)Nc1sc2c(c1C(=O)OC(C)C(=O)NC(=O)NC(C)C)CCCC2. The van der Waals surface area contributed by atoms with E-state index in [9.17, 15) is 19.2 Å². The maximum atomic E-state index is 12.7. The molecule has 0 spiro atoms. The molecular formula is C18H25N3O5S. The number of hydrogen-bond acceptors (Lipinski definition) is 6. The van der Waals surface area contributed by atoms with Gasteiger partial charge in [0.05, 0.1) is 5.56 Å². The molecule has 9 heteroatoms. The van der Waals surface area contributed by atoms with E-state index >= 15 is 0 Å². The van der Waals surface area contributed by atoms with Crippen molar-refractivity contribution in [3.05, 3.63) is 16.0 Å². The topological polar surface area (TPSA) is 114 Å².